The fourth-order valence-corrected chi connectivity index (χ4v) is 3.78. The number of hydrogen-bond acceptors (Lipinski definition) is 6. The number of rotatable bonds is 4. The molecule has 3 rings (SSSR count). The molecule has 9 heteroatoms. The number of allylic oxidation sites excluding steroid dienone is 1. The molecule has 0 radical (unpaired) electrons. The first kappa shape index (κ1) is 19.7. The van der Waals surface area contributed by atoms with Crippen LogP contribution in [-0.4, -0.2) is 28.1 Å². The summed E-state index contributed by atoms with van der Waals surface area (Å²) in [6.45, 7) is 3.70. The molecular formula is C19H23N3O6. The highest BCUT2D eigenvalue weighted by Crippen LogP contribution is 2.34. The molecule has 1 aromatic carbocycles. The minimum absolute atomic E-state index is 0.191. The van der Waals surface area contributed by atoms with Crippen molar-refractivity contribution in [2.45, 2.75) is 51.7 Å². The second-order valence-electron chi connectivity index (χ2n) is 7.37. The molecule has 0 bridgehead atoms. The molecule has 150 valence electrons. The lowest BCUT2D eigenvalue weighted by Gasteiger charge is -2.31. The van der Waals surface area contributed by atoms with Crippen LogP contribution in [0, 0.1) is 16.0 Å². The summed E-state index contributed by atoms with van der Waals surface area (Å²) < 4.78 is 5.69. The Bertz CT molecular complexity index is 850. The summed E-state index contributed by atoms with van der Waals surface area (Å²) in [5.41, 5.74) is 0.329. The molecule has 9 nitrogen and oxygen atoms in total. The normalized spacial score (nSPS) is 24.9. The van der Waals surface area contributed by atoms with E-state index in [4.69, 9.17) is 4.74 Å². The minimum Gasteiger partial charge on any atom is -0.502 e. The topological polar surface area (TPSA) is 131 Å². The van der Waals surface area contributed by atoms with Gasteiger partial charge in [0, 0.05) is 11.8 Å². The summed E-state index contributed by atoms with van der Waals surface area (Å²) in [6.07, 6.45) is 3.47. The quantitative estimate of drug-likeness (QED) is 0.412. The van der Waals surface area contributed by atoms with Crippen molar-refractivity contribution >= 4 is 17.7 Å². The highest BCUT2D eigenvalue weighted by atomic mass is 16.6. The molecule has 1 heterocycles. The van der Waals surface area contributed by atoms with Crippen LogP contribution < -0.4 is 10.6 Å². The van der Waals surface area contributed by atoms with Gasteiger partial charge in [0.05, 0.1) is 16.5 Å². The fourth-order valence-electron chi connectivity index (χ4n) is 3.78. The van der Waals surface area contributed by atoms with E-state index in [1.807, 2.05) is 0 Å². The second-order valence-corrected chi connectivity index (χ2v) is 7.37. The van der Waals surface area contributed by atoms with Crippen LogP contribution in [0.3, 0.4) is 0 Å². The molecule has 0 aromatic heterocycles. The molecule has 1 aliphatic carbocycles. The van der Waals surface area contributed by atoms with E-state index in [0.29, 0.717) is 17.2 Å². The first-order valence-electron chi connectivity index (χ1n) is 9.22. The Morgan fingerprint density at radius 1 is 1.36 bits per heavy atom. The molecule has 3 atom stereocenters. The van der Waals surface area contributed by atoms with E-state index in [2.05, 4.69) is 17.6 Å². The molecule has 3 N–H and O–H groups in total. The second kappa shape index (κ2) is 7.87. The molecule has 1 fully saturated rings. The number of phenolic OH excluding ortho intramolecular Hbond substituents is 1. The number of benzene rings is 1. The number of urea groups is 1. The molecule has 0 spiro atoms. The van der Waals surface area contributed by atoms with Crippen LogP contribution in [0.2, 0.25) is 0 Å². The zero-order valence-electron chi connectivity index (χ0n) is 15.7. The Morgan fingerprint density at radius 2 is 2.11 bits per heavy atom. The molecule has 1 aliphatic heterocycles. The van der Waals surface area contributed by atoms with Crippen LogP contribution in [0.4, 0.5) is 10.5 Å². The van der Waals surface area contributed by atoms with Gasteiger partial charge in [-0.3, -0.25) is 10.1 Å². The number of nitro benzene ring substituents is 1. The third kappa shape index (κ3) is 4.08. The number of carbonyl (C=O) groups excluding carboxylic acids is 2. The van der Waals surface area contributed by atoms with E-state index in [0.717, 1.165) is 31.7 Å². The predicted molar refractivity (Wildman–Crippen MR) is 99.4 cm³/mol. The lowest BCUT2D eigenvalue weighted by molar-refractivity contribution is -0.385. The van der Waals surface area contributed by atoms with Crippen LogP contribution >= 0.6 is 0 Å². The van der Waals surface area contributed by atoms with Crippen molar-refractivity contribution in [3.05, 3.63) is 45.1 Å². The largest absolute Gasteiger partial charge is 0.502 e. The molecular weight excluding hydrogens is 366 g/mol. The van der Waals surface area contributed by atoms with Crippen molar-refractivity contribution in [2.24, 2.45) is 5.92 Å². The maximum Gasteiger partial charge on any atom is 0.338 e. The van der Waals surface area contributed by atoms with Crippen molar-refractivity contribution in [1.29, 1.82) is 0 Å². The van der Waals surface area contributed by atoms with Gasteiger partial charge in [-0.05, 0) is 43.7 Å². The Balaban J connectivity index is 1.91. The number of hydrogen-bond donors (Lipinski definition) is 3. The molecule has 2 amide bonds. The number of ether oxygens (including phenoxy) is 1. The highest BCUT2D eigenvalue weighted by molar-refractivity contribution is 5.95. The van der Waals surface area contributed by atoms with Gasteiger partial charge in [0.25, 0.3) is 0 Å². The monoisotopic (exact) mass is 389 g/mol. The number of nitrogens with zero attached hydrogens (tertiary/aromatic N) is 1. The SMILES string of the molecule is CC1=C(C(=O)O[C@@H]2CCC[C@H](C)C2)[C@H](c2ccc(O)c([N+](=O)[O-])c2)NC(=O)N1. The summed E-state index contributed by atoms with van der Waals surface area (Å²) >= 11 is 0. The van der Waals surface area contributed by atoms with Crippen LogP contribution in [0.15, 0.2) is 29.5 Å². The van der Waals surface area contributed by atoms with E-state index in [9.17, 15) is 24.8 Å². The van der Waals surface area contributed by atoms with Gasteiger partial charge in [0.15, 0.2) is 5.75 Å². The van der Waals surface area contributed by atoms with E-state index >= 15 is 0 Å². The maximum atomic E-state index is 12.9. The van der Waals surface area contributed by atoms with Gasteiger partial charge in [-0.15, -0.1) is 0 Å². The molecule has 1 aromatic rings. The van der Waals surface area contributed by atoms with Crippen molar-refractivity contribution in [1.82, 2.24) is 10.6 Å². The molecule has 2 aliphatic rings. The number of nitrogens with one attached hydrogen (secondary N) is 2. The number of amides is 2. The van der Waals surface area contributed by atoms with E-state index < -0.39 is 34.4 Å². The maximum absolute atomic E-state index is 12.9. The Kier molecular flexibility index (Phi) is 5.53. The fraction of sp³-hybridized carbons (Fsp3) is 0.474. The highest BCUT2D eigenvalue weighted by Gasteiger charge is 2.35. The third-order valence-corrected chi connectivity index (χ3v) is 5.18. The molecule has 28 heavy (non-hydrogen) atoms. The summed E-state index contributed by atoms with van der Waals surface area (Å²) in [6, 6.07) is 2.31. The van der Waals surface area contributed by atoms with Crippen LogP contribution in [0.25, 0.3) is 0 Å². The zero-order valence-corrected chi connectivity index (χ0v) is 15.7. The van der Waals surface area contributed by atoms with Crippen LogP contribution in [-0.2, 0) is 9.53 Å². The summed E-state index contributed by atoms with van der Waals surface area (Å²) in [4.78, 5) is 35.3. The predicted octanol–water partition coefficient (Wildman–Crippen LogP) is 3.05. The first-order valence-corrected chi connectivity index (χ1v) is 9.22. The Hall–Kier alpha value is -3.10. The van der Waals surface area contributed by atoms with Crippen molar-refractivity contribution < 1.29 is 24.4 Å². The van der Waals surface area contributed by atoms with Crippen molar-refractivity contribution in [3.8, 4) is 5.75 Å². The summed E-state index contributed by atoms with van der Waals surface area (Å²) in [5.74, 6) is -0.582. The summed E-state index contributed by atoms with van der Waals surface area (Å²) in [7, 11) is 0. The average Bonchev–Trinajstić information content (AvgIpc) is 2.61. The van der Waals surface area contributed by atoms with Gasteiger partial charge in [-0.2, -0.15) is 0 Å². The lowest BCUT2D eigenvalue weighted by atomic mass is 9.88. The minimum atomic E-state index is -0.915. The van der Waals surface area contributed by atoms with Gasteiger partial charge >= 0.3 is 17.7 Å². The third-order valence-electron chi connectivity index (χ3n) is 5.18. The van der Waals surface area contributed by atoms with Gasteiger partial charge in [0.2, 0.25) is 0 Å². The van der Waals surface area contributed by atoms with E-state index in [1.165, 1.54) is 12.1 Å². The number of phenols is 1. The summed E-state index contributed by atoms with van der Waals surface area (Å²) in [5, 5.41) is 26.0. The van der Waals surface area contributed by atoms with Crippen molar-refractivity contribution in [3.63, 3.8) is 0 Å². The van der Waals surface area contributed by atoms with Crippen LogP contribution in [0.1, 0.15) is 51.1 Å². The van der Waals surface area contributed by atoms with Gasteiger partial charge in [-0.1, -0.05) is 19.4 Å². The van der Waals surface area contributed by atoms with E-state index in [-0.39, 0.29) is 11.7 Å². The molecule has 0 saturated heterocycles. The molecule has 0 unspecified atom stereocenters. The van der Waals surface area contributed by atoms with Crippen LogP contribution in [0.5, 0.6) is 5.75 Å². The average molecular weight is 389 g/mol. The van der Waals surface area contributed by atoms with Gasteiger partial charge < -0.3 is 20.5 Å². The Labute approximate surface area is 161 Å². The lowest BCUT2D eigenvalue weighted by Crippen LogP contribution is -2.45. The standard InChI is InChI=1S/C19H23N3O6/c1-10-4-3-5-13(8-10)28-18(24)16-11(2)20-19(25)21-17(16)12-6-7-15(23)14(9-12)22(26)27/h6-7,9-10,13,17,23H,3-5,8H2,1-2H3,(H2,20,21,25)/t10-,13+,17-/m0/s1. The number of esters is 1. The number of carbonyl (C=O) groups is 2. The van der Waals surface area contributed by atoms with Gasteiger partial charge in [0.1, 0.15) is 6.10 Å². The van der Waals surface area contributed by atoms with Gasteiger partial charge in [-0.25, -0.2) is 9.59 Å². The van der Waals surface area contributed by atoms with E-state index in [1.54, 1.807) is 6.92 Å². The number of aromatic hydroxyl groups is 1. The Morgan fingerprint density at radius 3 is 2.79 bits per heavy atom. The first-order chi connectivity index (χ1) is 13.3. The smallest absolute Gasteiger partial charge is 0.338 e. The van der Waals surface area contributed by atoms with Crippen molar-refractivity contribution in [2.75, 3.05) is 0 Å². The molecule has 1 saturated carbocycles. The zero-order chi connectivity index (χ0) is 20.4. The number of nitro groups is 1.